The van der Waals surface area contributed by atoms with Gasteiger partial charge >= 0.3 is 0 Å². The lowest BCUT2D eigenvalue weighted by Crippen LogP contribution is -2.20. The van der Waals surface area contributed by atoms with Crippen molar-refractivity contribution in [3.63, 3.8) is 0 Å². The molecule has 1 aliphatic rings. The molecule has 1 N–H and O–H groups in total. The molecule has 0 unspecified atom stereocenters. The highest BCUT2D eigenvalue weighted by molar-refractivity contribution is 6.78. The molecule has 0 radical (unpaired) electrons. The predicted octanol–water partition coefficient (Wildman–Crippen LogP) is 1.46. The highest BCUT2D eigenvalue weighted by Crippen LogP contribution is 2.29. The van der Waals surface area contributed by atoms with E-state index in [0.717, 1.165) is 12.5 Å². The smallest absolute Gasteiger partial charge is 0.0514 e. The molecule has 1 heterocycles. The molecule has 1 rings (SSSR count). The zero-order valence-electron chi connectivity index (χ0n) is 5.65. The molecule has 1 fully saturated rings. The molecule has 1 atom stereocenters. The van der Waals surface area contributed by atoms with Crippen molar-refractivity contribution in [3.8, 4) is 0 Å². The lowest BCUT2D eigenvalue weighted by Gasteiger charge is -2.11. The van der Waals surface area contributed by atoms with Crippen LogP contribution >= 0.6 is 0 Å². The Balaban J connectivity index is 2.44. The fourth-order valence-electron chi connectivity index (χ4n) is 1.40. The molecule has 0 aliphatic carbocycles. The van der Waals surface area contributed by atoms with Crippen LogP contribution in [-0.2, 0) is 0 Å². The summed E-state index contributed by atoms with van der Waals surface area (Å²) in [5, 5.41) is 9.10. The molecule has 0 aromatic rings. The first kappa shape index (κ1) is 6.30. The van der Waals surface area contributed by atoms with Crippen LogP contribution in [0.3, 0.4) is 0 Å². The van der Waals surface area contributed by atoms with Crippen LogP contribution in [0.5, 0.6) is 0 Å². The van der Waals surface area contributed by atoms with E-state index in [0.29, 0.717) is 0 Å². The Morgan fingerprint density at radius 1 is 1.50 bits per heavy atom. The molecular formula is C6H14OSi. The van der Waals surface area contributed by atoms with Gasteiger partial charge in [-0.15, -0.1) is 0 Å². The first-order valence-electron chi connectivity index (χ1n) is 3.28. The van der Waals surface area contributed by atoms with Gasteiger partial charge in [0, 0.05) is 0 Å². The second-order valence-corrected chi connectivity index (χ2v) is 8.80. The molecule has 0 amide bonds. The summed E-state index contributed by atoms with van der Waals surface area (Å²) in [4.78, 5) is 0. The summed E-state index contributed by atoms with van der Waals surface area (Å²) in [5.74, 6) is 0. The number of aliphatic hydroxyl groups is 1. The van der Waals surface area contributed by atoms with Crippen LogP contribution in [0.15, 0.2) is 0 Å². The maximum Gasteiger partial charge on any atom is 0.0514 e. The third-order valence-corrected chi connectivity index (χ3v) is 5.16. The van der Waals surface area contributed by atoms with Crippen LogP contribution in [0.25, 0.3) is 0 Å². The summed E-state index contributed by atoms with van der Waals surface area (Å²) < 4.78 is 0. The van der Waals surface area contributed by atoms with E-state index >= 15 is 0 Å². The molecule has 1 aliphatic heterocycles. The highest BCUT2D eigenvalue weighted by Gasteiger charge is 2.30. The van der Waals surface area contributed by atoms with Gasteiger partial charge in [-0.2, -0.15) is 0 Å². The Morgan fingerprint density at radius 2 is 2.12 bits per heavy atom. The van der Waals surface area contributed by atoms with E-state index in [9.17, 15) is 0 Å². The predicted molar refractivity (Wildman–Crippen MR) is 37.7 cm³/mol. The van der Waals surface area contributed by atoms with E-state index < -0.39 is 8.07 Å². The Labute approximate surface area is 51.7 Å². The average Bonchev–Trinajstić information content (AvgIpc) is 1.82. The SMILES string of the molecule is C[Si]1(C)CC[C@@H](O)C1. The molecule has 48 valence electrons. The summed E-state index contributed by atoms with van der Waals surface area (Å²) in [5.41, 5.74) is 0. The largest absolute Gasteiger partial charge is 0.393 e. The monoisotopic (exact) mass is 130 g/mol. The quantitative estimate of drug-likeness (QED) is 0.492. The fourth-order valence-corrected chi connectivity index (χ4v) is 4.20. The van der Waals surface area contributed by atoms with Crippen molar-refractivity contribution >= 4 is 8.07 Å². The topological polar surface area (TPSA) is 20.2 Å². The minimum absolute atomic E-state index is 0.0525. The van der Waals surface area contributed by atoms with Gasteiger partial charge in [0.15, 0.2) is 0 Å². The minimum atomic E-state index is -0.853. The molecule has 1 nitrogen and oxygen atoms in total. The van der Waals surface area contributed by atoms with Gasteiger partial charge in [0.25, 0.3) is 0 Å². The molecule has 2 heteroatoms. The zero-order valence-corrected chi connectivity index (χ0v) is 6.65. The van der Waals surface area contributed by atoms with Gasteiger partial charge in [-0.1, -0.05) is 19.1 Å². The van der Waals surface area contributed by atoms with E-state index in [2.05, 4.69) is 13.1 Å². The van der Waals surface area contributed by atoms with E-state index in [4.69, 9.17) is 5.11 Å². The van der Waals surface area contributed by atoms with Gasteiger partial charge in [0.1, 0.15) is 0 Å². The third-order valence-electron chi connectivity index (χ3n) is 1.94. The Morgan fingerprint density at radius 3 is 2.25 bits per heavy atom. The van der Waals surface area contributed by atoms with Gasteiger partial charge in [-0.05, 0) is 12.5 Å². The van der Waals surface area contributed by atoms with E-state index in [-0.39, 0.29) is 6.10 Å². The molecule has 1 saturated heterocycles. The van der Waals surface area contributed by atoms with E-state index in [1.165, 1.54) is 6.04 Å². The van der Waals surface area contributed by atoms with Gasteiger partial charge in [-0.3, -0.25) is 0 Å². The number of rotatable bonds is 0. The first-order chi connectivity index (χ1) is 3.60. The Kier molecular flexibility index (Phi) is 1.45. The van der Waals surface area contributed by atoms with Gasteiger partial charge in [0.2, 0.25) is 0 Å². The number of hydrogen-bond donors (Lipinski definition) is 1. The van der Waals surface area contributed by atoms with Crippen LogP contribution in [0.4, 0.5) is 0 Å². The van der Waals surface area contributed by atoms with E-state index in [1.807, 2.05) is 0 Å². The van der Waals surface area contributed by atoms with Crippen LogP contribution < -0.4 is 0 Å². The van der Waals surface area contributed by atoms with Crippen molar-refractivity contribution in [1.29, 1.82) is 0 Å². The number of aliphatic hydroxyl groups excluding tert-OH is 1. The zero-order chi connectivity index (χ0) is 6.20. The molecule has 0 bridgehead atoms. The van der Waals surface area contributed by atoms with Crippen LogP contribution in [0.1, 0.15) is 6.42 Å². The van der Waals surface area contributed by atoms with Gasteiger partial charge in [0.05, 0.1) is 14.2 Å². The molecule has 0 saturated carbocycles. The molecule has 0 aromatic carbocycles. The Bertz CT molecular complexity index is 90.5. The second-order valence-electron chi connectivity index (χ2n) is 3.56. The minimum Gasteiger partial charge on any atom is -0.393 e. The summed E-state index contributed by atoms with van der Waals surface area (Å²) >= 11 is 0. The van der Waals surface area contributed by atoms with Crippen LogP contribution in [0, 0.1) is 0 Å². The summed E-state index contributed by atoms with van der Waals surface area (Å²) in [6.45, 7) is 4.70. The van der Waals surface area contributed by atoms with E-state index in [1.54, 1.807) is 0 Å². The van der Waals surface area contributed by atoms with Crippen molar-refractivity contribution in [1.82, 2.24) is 0 Å². The molecule has 8 heavy (non-hydrogen) atoms. The third kappa shape index (κ3) is 1.33. The molecular weight excluding hydrogens is 116 g/mol. The van der Waals surface area contributed by atoms with Crippen molar-refractivity contribution < 1.29 is 5.11 Å². The maximum absolute atomic E-state index is 9.10. The summed E-state index contributed by atoms with van der Waals surface area (Å²) in [6.07, 6.45) is 1.12. The lowest BCUT2D eigenvalue weighted by atomic mass is 10.3. The highest BCUT2D eigenvalue weighted by atomic mass is 28.3. The maximum atomic E-state index is 9.10. The lowest BCUT2D eigenvalue weighted by molar-refractivity contribution is 0.199. The summed E-state index contributed by atoms with van der Waals surface area (Å²) in [6, 6.07) is 2.46. The van der Waals surface area contributed by atoms with Crippen LogP contribution in [-0.4, -0.2) is 19.3 Å². The summed E-state index contributed by atoms with van der Waals surface area (Å²) in [7, 11) is -0.853. The van der Waals surface area contributed by atoms with Gasteiger partial charge in [-0.25, -0.2) is 0 Å². The average molecular weight is 130 g/mol. The number of hydrogen-bond acceptors (Lipinski definition) is 1. The second kappa shape index (κ2) is 1.85. The van der Waals surface area contributed by atoms with Crippen molar-refractivity contribution in [2.45, 2.75) is 37.7 Å². The molecule has 0 spiro atoms. The fraction of sp³-hybridized carbons (Fsp3) is 1.00. The normalized spacial score (nSPS) is 35.6. The molecule has 0 aromatic heterocycles. The van der Waals surface area contributed by atoms with Gasteiger partial charge < -0.3 is 5.11 Å². The van der Waals surface area contributed by atoms with Crippen LogP contribution in [0.2, 0.25) is 25.2 Å². The van der Waals surface area contributed by atoms with Crippen molar-refractivity contribution in [3.05, 3.63) is 0 Å². The first-order valence-corrected chi connectivity index (χ1v) is 6.70. The standard InChI is InChI=1S/C6H14OSi/c1-8(2)4-3-6(7)5-8/h6-7H,3-5H2,1-2H3/t6-/m1/s1. The van der Waals surface area contributed by atoms with Crippen molar-refractivity contribution in [2.24, 2.45) is 0 Å². The van der Waals surface area contributed by atoms with Crippen molar-refractivity contribution in [2.75, 3.05) is 0 Å². The Hall–Kier alpha value is 0.177.